The first-order valence-electron chi connectivity index (χ1n) is 6.63. The lowest BCUT2D eigenvalue weighted by molar-refractivity contribution is 0.0952. The molecule has 2 heterocycles. The molecule has 1 saturated heterocycles. The van der Waals surface area contributed by atoms with Crippen LogP contribution in [0.3, 0.4) is 0 Å². The molecule has 0 spiro atoms. The minimum absolute atomic E-state index is 0.308. The number of furan rings is 1. The summed E-state index contributed by atoms with van der Waals surface area (Å²) in [7, 11) is 2.09. The summed E-state index contributed by atoms with van der Waals surface area (Å²) in [6.07, 6.45) is 2.29. The second-order valence-corrected chi connectivity index (χ2v) is 5.05. The monoisotopic (exact) mass is 266 g/mol. The molecule has 1 amide bonds. The number of nitrogens with zero attached hydrogens (tertiary/aromatic N) is 1. The third kappa shape index (κ3) is 3.34. The van der Waals surface area contributed by atoms with Crippen LogP contribution in [0, 0.1) is 6.92 Å². The Balaban J connectivity index is 2.00. The van der Waals surface area contributed by atoms with Crippen LogP contribution in [0.5, 0.6) is 0 Å². The van der Waals surface area contributed by atoms with Gasteiger partial charge in [0.25, 0.3) is 5.91 Å². The highest BCUT2D eigenvalue weighted by Crippen LogP contribution is 2.18. The summed E-state index contributed by atoms with van der Waals surface area (Å²) in [5.41, 5.74) is 2.64. The Kier molecular flexibility index (Phi) is 4.57. The largest absolute Gasteiger partial charge is 0.464 e. The Morgan fingerprint density at radius 2 is 2.26 bits per heavy atom. The molecule has 6 heteroatoms. The predicted molar refractivity (Wildman–Crippen MR) is 72.5 cm³/mol. The van der Waals surface area contributed by atoms with E-state index >= 15 is 0 Å². The molecule has 0 atom stereocenters. The standard InChI is InChI=1S/C13H22N4O2/c1-9-12(13(18)16-14)7-11(19-9)8-17(2)10-3-5-15-6-4-10/h7,10,15H,3-6,8,14H2,1-2H3,(H,16,18). The molecular weight excluding hydrogens is 244 g/mol. The van der Waals surface area contributed by atoms with Crippen LogP contribution < -0.4 is 16.6 Å². The zero-order valence-electron chi connectivity index (χ0n) is 11.5. The average molecular weight is 266 g/mol. The van der Waals surface area contributed by atoms with Crippen molar-refractivity contribution in [2.45, 2.75) is 32.4 Å². The molecule has 2 rings (SSSR count). The summed E-state index contributed by atoms with van der Waals surface area (Å²) in [5, 5.41) is 3.35. The molecule has 6 nitrogen and oxygen atoms in total. The number of nitrogen functional groups attached to an aromatic ring is 1. The van der Waals surface area contributed by atoms with Gasteiger partial charge in [0, 0.05) is 6.04 Å². The van der Waals surface area contributed by atoms with E-state index in [1.165, 1.54) is 0 Å². The van der Waals surface area contributed by atoms with E-state index in [1.54, 1.807) is 13.0 Å². The van der Waals surface area contributed by atoms with Gasteiger partial charge < -0.3 is 9.73 Å². The zero-order chi connectivity index (χ0) is 13.8. The molecular formula is C13H22N4O2. The second kappa shape index (κ2) is 6.18. The number of hydrogen-bond acceptors (Lipinski definition) is 5. The van der Waals surface area contributed by atoms with Gasteiger partial charge in [-0.25, -0.2) is 5.84 Å². The van der Waals surface area contributed by atoms with Gasteiger partial charge in [-0.2, -0.15) is 0 Å². The number of hydrazine groups is 1. The molecule has 0 saturated carbocycles. The third-order valence-corrected chi connectivity index (χ3v) is 3.68. The van der Waals surface area contributed by atoms with Gasteiger partial charge in [0.1, 0.15) is 11.5 Å². The number of hydrogen-bond donors (Lipinski definition) is 3. The first-order chi connectivity index (χ1) is 9.11. The summed E-state index contributed by atoms with van der Waals surface area (Å²) >= 11 is 0. The van der Waals surface area contributed by atoms with E-state index in [1.807, 2.05) is 0 Å². The number of carbonyl (C=O) groups excluding carboxylic acids is 1. The zero-order valence-corrected chi connectivity index (χ0v) is 11.5. The first-order valence-corrected chi connectivity index (χ1v) is 6.63. The molecule has 19 heavy (non-hydrogen) atoms. The predicted octanol–water partition coefficient (Wildman–Crippen LogP) is 0.375. The van der Waals surface area contributed by atoms with Gasteiger partial charge in [-0.15, -0.1) is 0 Å². The smallest absolute Gasteiger partial charge is 0.268 e. The van der Waals surface area contributed by atoms with Gasteiger partial charge in [-0.3, -0.25) is 15.1 Å². The molecule has 1 aliphatic rings. The summed E-state index contributed by atoms with van der Waals surface area (Å²) in [6, 6.07) is 2.34. The Morgan fingerprint density at radius 1 is 1.58 bits per heavy atom. The SMILES string of the molecule is Cc1oc(CN(C)C2CCNCC2)cc1C(=O)NN. The van der Waals surface area contributed by atoms with E-state index in [2.05, 4.69) is 22.7 Å². The molecule has 0 unspecified atom stereocenters. The van der Waals surface area contributed by atoms with Gasteiger partial charge >= 0.3 is 0 Å². The van der Waals surface area contributed by atoms with Crippen LogP contribution in [0.2, 0.25) is 0 Å². The molecule has 1 aromatic heterocycles. The van der Waals surface area contributed by atoms with Crippen LogP contribution >= 0.6 is 0 Å². The lowest BCUT2D eigenvalue weighted by Gasteiger charge is -2.30. The first kappa shape index (κ1) is 14.0. The van der Waals surface area contributed by atoms with E-state index < -0.39 is 0 Å². The maximum absolute atomic E-state index is 11.5. The van der Waals surface area contributed by atoms with Crippen molar-refractivity contribution in [2.24, 2.45) is 5.84 Å². The minimum Gasteiger partial charge on any atom is -0.464 e. The van der Waals surface area contributed by atoms with Gasteiger partial charge in [0.15, 0.2) is 0 Å². The molecule has 1 aromatic rings. The summed E-state index contributed by atoms with van der Waals surface area (Å²) in [4.78, 5) is 13.8. The van der Waals surface area contributed by atoms with Crippen LogP contribution in [0.1, 0.15) is 34.7 Å². The molecule has 0 aromatic carbocycles. The fraction of sp³-hybridized carbons (Fsp3) is 0.615. The maximum atomic E-state index is 11.5. The highest BCUT2D eigenvalue weighted by molar-refractivity contribution is 5.94. The lowest BCUT2D eigenvalue weighted by Crippen LogP contribution is -2.40. The quantitative estimate of drug-likeness (QED) is 0.417. The number of amides is 1. The number of carbonyl (C=O) groups is 1. The van der Waals surface area contributed by atoms with Crippen molar-refractivity contribution in [1.29, 1.82) is 0 Å². The van der Waals surface area contributed by atoms with E-state index in [-0.39, 0.29) is 5.91 Å². The van der Waals surface area contributed by atoms with Crippen molar-refractivity contribution in [3.05, 3.63) is 23.2 Å². The van der Waals surface area contributed by atoms with Crippen LogP contribution in [0.4, 0.5) is 0 Å². The van der Waals surface area contributed by atoms with Crippen molar-refractivity contribution in [3.63, 3.8) is 0 Å². The second-order valence-electron chi connectivity index (χ2n) is 5.05. The highest BCUT2D eigenvalue weighted by Gasteiger charge is 2.20. The highest BCUT2D eigenvalue weighted by atomic mass is 16.3. The van der Waals surface area contributed by atoms with Crippen molar-refractivity contribution in [2.75, 3.05) is 20.1 Å². The topological polar surface area (TPSA) is 83.5 Å². The number of piperidine rings is 1. The number of aryl methyl sites for hydroxylation is 1. The van der Waals surface area contributed by atoms with Crippen LogP contribution in [0.15, 0.2) is 10.5 Å². The third-order valence-electron chi connectivity index (χ3n) is 3.68. The van der Waals surface area contributed by atoms with Crippen LogP contribution in [-0.4, -0.2) is 37.0 Å². The normalized spacial score (nSPS) is 16.8. The van der Waals surface area contributed by atoms with Gasteiger partial charge in [-0.1, -0.05) is 0 Å². The van der Waals surface area contributed by atoms with Gasteiger partial charge in [0.05, 0.1) is 12.1 Å². The summed E-state index contributed by atoms with van der Waals surface area (Å²) < 4.78 is 5.63. The van der Waals surface area contributed by atoms with Crippen LogP contribution in [0.25, 0.3) is 0 Å². The molecule has 1 fully saturated rings. The van der Waals surface area contributed by atoms with E-state index in [0.717, 1.165) is 31.7 Å². The van der Waals surface area contributed by atoms with E-state index in [4.69, 9.17) is 10.3 Å². The number of rotatable bonds is 4. The maximum Gasteiger partial charge on any atom is 0.268 e. The molecule has 0 bridgehead atoms. The van der Waals surface area contributed by atoms with Gasteiger partial charge in [-0.05, 0) is 46.0 Å². The number of nitrogens with one attached hydrogen (secondary N) is 2. The molecule has 1 aliphatic heterocycles. The van der Waals surface area contributed by atoms with Crippen molar-refractivity contribution < 1.29 is 9.21 Å². The fourth-order valence-corrected chi connectivity index (χ4v) is 2.55. The Bertz CT molecular complexity index is 438. The molecule has 0 aliphatic carbocycles. The Morgan fingerprint density at radius 3 is 2.89 bits per heavy atom. The Hall–Kier alpha value is -1.37. The average Bonchev–Trinajstić information content (AvgIpc) is 2.79. The molecule has 106 valence electrons. The van der Waals surface area contributed by atoms with Crippen LogP contribution in [-0.2, 0) is 6.54 Å². The fourth-order valence-electron chi connectivity index (χ4n) is 2.55. The molecule has 4 N–H and O–H groups in total. The van der Waals surface area contributed by atoms with E-state index in [0.29, 0.717) is 23.9 Å². The van der Waals surface area contributed by atoms with Crippen molar-refractivity contribution >= 4 is 5.91 Å². The van der Waals surface area contributed by atoms with Crippen molar-refractivity contribution in [1.82, 2.24) is 15.6 Å². The lowest BCUT2D eigenvalue weighted by atomic mass is 10.1. The summed E-state index contributed by atoms with van der Waals surface area (Å²) in [6.45, 7) is 4.61. The van der Waals surface area contributed by atoms with Crippen molar-refractivity contribution in [3.8, 4) is 0 Å². The summed E-state index contributed by atoms with van der Waals surface area (Å²) in [5.74, 6) is 6.24. The van der Waals surface area contributed by atoms with E-state index in [9.17, 15) is 4.79 Å². The number of nitrogens with two attached hydrogens (primary N) is 1. The Labute approximate surface area is 113 Å². The molecule has 0 radical (unpaired) electrons. The van der Waals surface area contributed by atoms with Gasteiger partial charge in [0.2, 0.25) is 0 Å². The minimum atomic E-state index is -0.308.